The van der Waals surface area contributed by atoms with Crippen molar-refractivity contribution in [1.82, 2.24) is 15.2 Å². The van der Waals surface area contributed by atoms with Gasteiger partial charge in [-0.15, -0.1) is 11.3 Å². The summed E-state index contributed by atoms with van der Waals surface area (Å²) < 4.78 is 0. The highest BCUT2D eigenvalue weighted by atomic mass is 32.1. The standard InChI is InChI=1S/C20H26N4O3S2/c1-20(2,11-24(3)4)10-21-17(26)12-8-13-16(14(25)9-12)29-19(22-13)23-18(27)15-6-5-7-28-15/h5-7,12H,8-11H2,1-4H3,(H,21,26)(H,22,23,27). The number of hydrogen-bond acceptors (Lipinski definition) is 7. The lowest BCUT2D eigenvalue weighted by atomic mass is 9.88. The van der Waals surface area contributed by atoms with Crippen LogP contribution in [0.25, 0.3) is 0 Å². The molecule has 7 nitrogen and oxygen atoms in total. The van der Waals surface area contributed by atoms with Crippen LogP contribution in [0, 0.1) is 11.3 Å². The molecule has 1 aliphatic rings. The lowest BCUT2D eigenvalue weighted by Crippen LogP contribution is -2.43. The summed E-state index contributed by atoms with van der Waals surface area (Å²) in [6.07, 6.45) is 0.583. The van der Waals surface area contributed by atoms with Gasteiger partial charge in [0.05, 0.1) is 21.4 Å². The highest BCUT2D eigenvalue weighted by molar-refractivity contribution is 7.18. The van der Waals surface area contributed by atoms with Crippen LogP contribution in [0.15, 0.2) is 17.5 Å². The van der Waals surface area contributed by atoms with Crippen molar-refractivity contribution in [3.63, 3.8) is 0 Å². The maximum Gasteiger partial charge on any atom is 0.267 e. The van der Waals surface area contributed by atoms with Gasteiger partial charge in [0.25, 0.3) is 5.91 Å². The van der Waals surface area contributed by atoms with Crippen LogP contribution >= 0.6 is 22.7 Å². The first-order valence-corrected chi connectivity index (χ1v) is 11.1. The van der Waals surface area contributed by atoms with Crippen molar-refractivity contribution in [3.05, 3.63) is 33.0 Å². The van der Waals surface area contributed by atoms with Gasteiger partial charge < -0.3 is 10.2 Å². The Morgan fingerprint density at radius 3 is 2.72 bits per heavy atom. The lowest BCUT2D eigenvalue weighted by Gasteiger charge is -2.29. The van der Waals surface area contributed by atoms with Crippen molar-refractivity contribution in [2.24, 2.45) is 11.3 Å². The van der Waals surface area contributed by atoms with E-state index in [1.54, 1.807) is 12.1 Å². The summed E-state index contributed by atoms with van der Waals surface area (Å²) in [5.41, 5.74) is 0.531. The van der Waals surface area contributed by atoms with Crippen LogP contribution in [0.5, 0.6) is 0 Å². The monoisotopic (exact) mass is 434 g/mol. The predicted octanol–water partition coefficient (Wildman–Crippen LogP) is 2.91. The molecule has 1 unspecified atom stereocenters. The van der Waals surface area contributed by atoms with Crippen LogP contribution in [-0.2, 0) is 11.2 Å². The Morgan fingerprint density at radius 1 is 1.31 bits per heavy atom. The quantitative estimate of drug-likeness (QED) is 0.699. The van der Waals surface area contributed by atoms with Gasteiger partial charge in [0, 0.05) is 25.9 Å². The molecular formula is C20H26N4O3S2. The number of rotatable bonds is 7. The SMILES string of the molecule is CN(C)CC(C)(C)CNC(=O)C1CC(=O)c2sc(NC(=O)c3cccs3)nc2C1. The second-order valence-electron chi connectivity index (χ2n) is 8.37. The minimum absolute atomic E-state index is 0.0666. The number of fused-ring (bicyclic) bond motifs is 1. The number of nitrogens with one attached hydrogen (secondary N) is 2. The van der Waals surface area contributed by atoms with Crippen molar-refractivity contribution in [2.75, 3.05) is 32.5 Å². The number of carbonyl (C=O) groups excluding carboxylic acids is 3. The molecule has 156 valence electrons. The normalized spacial score (nSPS) is 16.6. The molecule has 0 radical (unpaired) electrons. The first-order valence-electron chi connectivity index (χ1n) is 9.45. The zero-order valence-corrected chi connectivity index (χ0v) is 18.7. The fourth-order valence-corrected chi connectivity index (χ4v) is 5.07. The summed E-state index contributed by atoms with van der Waals surface area (Å²) in [6.45, 7) is 5.59. The number of ketones is 1. The number of thiophene rings is 1. The largest absolute Gasteiger partial charge is 0.355 e. The molecule has 2 aromatic heterocycles. The molecule has 29 heavy (non-hydrogen) atoms. The lowest BCUT2D eigenvalue weighted by molar-refractivity contribution is -0.125. The zero-order valence-electron chi connectivity index (χ0n) is 17.1. The summed E-state index contributed by atoms with van der Waals surface area (Å²) in [7, 11) is 4.00. The second-order valence-corrected chi connectivity index (χ2v) is 10.3. The van der Waals surface area contributed by atoms with E-state index in [4.69, 9.17) is 0 Å². The summed E-state index contributed by atoms with van der Waals surface area (Å²) in [5, 5.41) is 7.97. The second kappa shape index (κ2) is 8.73. The molecule has 0 spiro atoms. The number of nitrogens with zero attached hydrogens (tertiary/aromatic N) is 2. The molecule has 2 heterocycles. The minimum Gasteiger partial charge on any atom is -0.355 e. The van der Waals surface area contributed by atoms with Crippen LogP contribution in [-0.4, -0.2) is 54.7 Å². The van der Waals surface area contributed by atoms with E-state index in [1.807, 2.05) is 19.5 Å². The van der Waals surface area contributed by atoms with Crippen molar-refractivity contribution in [3.8, 4) is 0 Å². The van der Waals surface area contributed by atoms with E-state index < -0.39 is 5.92 Å². The molecule has 2 N–H and O–H groups in total. The van der Waals surface area contributed by atoms with Gasteiger partial charge in [-0.25, -0.2) is 4.98 Å². The fraction of sp³-hybridized carbons (Fsp3) is 0.500. The maximum atomic E-state index is 12.7. The Morgan fingerprint density at radius 2 is 2.07 bits per heavy atom. The van der Waals surface area contributed by atoms with Crippen LogP contribution in [0.3, 0.4) is 0 Å². The number of anilines is 1. The Bertz CT molecular complexity index is 903. The molecule has 0 fully saturated rings. The average molecular weight is 435 g/mol. The van der Waals surface area contributed by atoms with Crippen molar-refractivity contribution < 1.29 is 14.4 Å². The van der Waals surface area contributed by atoms with Crippen LogP contribution in [0.1, 0.15) is 45.3 Å². The van der Waals surface area contributed by atoms with Gasteiger partial charge in [0.15, 0.2) is 10.9 Å². The maximum absolute atomic E-state index is 12.7. The third kappa shape index (κ3) is 5.49. The number of aromatic nitrogens is 1. The molecule has 0 aliphatic heterocycles. The third-order valence-corrected chi connectivity index (χ3v) is 6.57. The molecule has 0 aromatic carbocycles. The van der Waals surface area contributed by atoms with Gasteiger partial charge in [-0.3, -0.25) is 19.7 Å². The van der Waals surface area contributed by atoms with Crippen LogP contribution in [0.4, 0.5) is 5.13 Å². The fourth-order valence-electron chi connectivity index (χ4n) is 3.52. The molecule has 0 bridgehead atoms. The van der Waals surface area contributed by atoms with Crippen LogP contribution in [0.2, 0.25) is 0 Å². The zero-order chi connectivity index (χ0) is 21.2. The van der Waals surface area contributed by atoms with Gasteiger partial charge in [0.1, 0.15) is 0 Å². The van der Waals surface area contributed by atoms with Crippen LogP contribution < -0.4 is 10.6 Å². The van der Waals surface area contributed by atoms with Crippen molar-refractivity contribution in [2.45, 2.75) is 26.7 Å². The molecule has 1 atom stereocenters. The predicted molar refractivity (Wildman–Crippen MR) is 116 cm³/mol. The number of hydrogen-bond donors (Lipinski definition) is 2. The number of thiazole rings is 1. The molecule has 1 aliphatic carbocycles. The van der Waals surface area contributed by atoms with Crippen molar-refractivity contribution in [1.29, 1.82) is 0 Å². The molecule has 0 saturated heterocycles. The number of Topliss-reactive ketones (excluding diaryl/α,β-unsaturated/α-hetero) is 1. The first-order chi connectivity index (χ1) is 13.6. The van der Waals surface area contributed by atoms with E-state index in [0.29, 0.717) is 33.5 Å². The molecule has 3 rings (SSSR count). The van der Waals surface area contributed by atoms with Crippen molar-refractivity contribution >= 4 is 45.4 Å². The Hall–Kier alpha value is -2.10. The molecule has 2 amide bonds. The summed E-state index contributed by atoms with van der Waals surface area (Å²) in [5.74, 6) is -0.870. The van der Waals surface area contributed by atoms with Gasteiger partial charge in [-0.2, -0.15) is 0 Å². The highest BCUT2D eigenvalue weighted by Crippen LogP contribution is 2.33. The topological polar surface area (TPSA) is 91.4 Å². The minimum atomic E-state index is -0.423. The molecular weight excluding hydrogens is 408 g/mol. The Balaban J connectivity index is 1.63. The van der Waals surface area contributed by atoms with Gasteiger partial charge in [-0.05, 0) is 31.0 Å². The summed E-state index contributed by atoms with van der Waals surface area (Å²) in [4.78, 5) is 45.0. The smallest absolute Gasteiger partial charge is 0.267 e. The van der Waals surface area contributed by atoms with E-state index in [2.05, 4.69) is 34.4 Å². The Kier molecular flexibility index (Phi) is 6.50. The van der Waals surface area contributed by atoms with E-state index in [9.17, 15) is 14.4 Å². The van der Waals surface area contributed by atoms with E-state index in [0.717, 1.165) is 6.54 Å². The van der Waals surface area contributed by atoms with Gasteiger partial charge in [0.2, 0.25) is 5.91 Å². The van der Waals surface area contributed by atoms with E-state index in [-0.39, 0.29) is 29.4 Å². The van der Waals surface area contributed by atoms with E-state index >= 15 is 0 Å². The first kappa shape index (κ1) is 21.6. The molecule has 2 aromatic rings. The average Bonchev–Trinajstić information content (AvgIpc) is 3.28. The third-order valence-electron chi connectivity index (χ3n) is 4.64. The molecule has 9 heteroatoms. The Labute approximate surface area is 178 Å². The van der Waals surface area contributed by atoms with Gasteiger partial charge >= 0.3 is 0 Å². The number of amides is 2. The number of carbonyl (C=O) groups is 3. The molecule has 0 saturated carbocycles. The highest BCUT2D eigenvalue weighted by Gasteiger charge is 2.34. The van der Waals surface area contributed by atoms with E-state index in [1.165, 1.54) is 22.7 Å². The summed E-state index contributed by atoms with van der Waals surface area (Å²) in [6, 6.07) is 3.54. The van der Waals surface area contributed by atoms with Gasteiger partial charge in [-0.1, -0.05) is 31.3 Å². The summed E-state index contributed by atoms with van der Waals surface area (Å²) >= 11 is 2.52.